The van der Waals surface area contributed by atoms with Gasteiger partial charge in [-0.2, -0.15) is 0 Å². The highest BCUT2D eigenvalue weighted by atomic mass is 35.5. The quantitative estimate of drug-likeness (QED) is 0.798. The van der Waals surface area contributed by atoms with Gasteiger partial charge in [-0.15, -0.1) is 21.5 Å². The predicted molar refractivity (Wildman–Crippen MR) is 69.3 cm³/mol. The molecule has 0 saturated heterocycles. The molecule has 2 aromatic rings. The van der Waals surface area contributed by atoms with E-state index in [2.05, 4.69) is 27.8 Å². The van der Waals surface area contributed by atoms with Crippen molar-refractivity contribution in [3.63, 3.8) is 0 Å². The molecule has 86 valence electrons. The lowest BCUT2D eigenvalue weighted by molar-refractivity contribution is 0.662. The van der Waals surface area contributed by atoms with Gasteiger partial charge in [0, 0.05) is 17.2 Å². The summed E-state index contributed by atoms with van der Waals surface area (Å²) in [6.07, 6.45) is 0. The summed E-state index contributed by atoms with van der Waals surface area (Å²) in [5.74, 6) is 1.87. The van der Waals surface area contributed by atoms with Crippen LogP contribution in [0.25, 0.3) is 0 Å². The fourth-order valence-electron chi connectivity index (χ4n) is 1.40. The monoisotopic (exact) mass is 273 g/mol. The van der Waals surface area contributed by atoms with Crippen molar-refractivity contribution < 1.29 is 0 Å². The third-order valence-electron chi connectivity index (χ3n) is 2.19. The summed E-state index contributed by atoms with van der Waals surface area (Å²) in [6, 6.07) is 3.98. The molecule has 0 bridgehead atoms. The van der Waals surface area contributed by atoms with Crippen molar-refractivity contribution in [3.05, 3.63) is 27.2 Å². The number of thiophene rings is 1. The van der Waals surface area contributed by atoms with Gasteiger partial charge in [-0.3, -0.25) is 0 Å². The van der Waals surface area contributed by atoms with Gasteiger partial charge < -0.3 is 4.57 Å². The normalized spacial score (nSPS) is 10.9. The highest BCUT2D eigenvalue weighted by Gasteiger charge is 2.08. The molecule has 2 rings (SSSR count). The van der Waals surface area contributed by atoms with E-state index in [0.29, 0.717) is 0 Å². The molecule has 0 unspecified atom stereocenters. The second kappa shape index (κ2) is 5.21. The molecule has 6 heteroatoms. The van der Waals surface area contributed by atoms with Gasteiger partial charge in [0.2, 0.25) is 0 Å². The summed E-state index contributed by atoms with van der Waals surface area (Å²) >= 11 is 9.20. The van der Waals surface area contributed by atoms with Gasteiger partial charge in [-0.25, -0.2) is 0 Å². The topological polar surface area (TPSA) is 30.7 Å². The smallest absolute Gasteiger partial charge is 0.191 e. The van der Waals surface area contributed by atoms with E-state index in [4.69, 9.17) is 11.6 Å². The van der Waals surface area contributed by atoms with Crippen LogP contribution in [0.4, 0.5) is 0 Å². The zero-order valence-electron chi connectivity index (χ0n) is 9.11. The first kappa shape index (κ1) is 12.0. The number of thioether (sulfide) groups is 1. The zero-order chi connectivity index (χ0) is 11.5. The molecule has 3 nitrogen and oxygen atoms in total. The van der Waals surface area contributed by atoms with E-state index in [1.54, 1.807) is 23.1 Å². The van der Waals surface area contributed by atoms with Crippen LogP contribution in [0.2, 0.25) is 4.34 Å². The second-order valence-corrected chi connectivity index (χ2v) is 6.01. The molecule has 0 radical (unpaired) electrons. The van der Waals surface area contributed by atoms with Crippen LogP contribution in [-0.4, -0.2) is 14.8 Å². The summed E-state index contributed by atoms with van der Waals surface area (Å²) in [6.45, 7) is 4.98. The molecule has 0 saturated carbocycles. The van der Waals surface area contributed by atoms with Crippen LogP contribution in [0, 0.1) is 6.92 Å². The number of nitrogens with zero attached hydrogens (tertiary/aromatic N) is 3. The zero-order valence-corrected chi connectivity index (χ0v) is 11.5. The fourth-order valence-corrected chi connectivity index (χ4v) is 3.58. The van der Waals surface area contributed by atoms with Gasteiger partial charge in [0.1, 0.15) is 5.82 Å². The summed E-state index contributed by atoms with van der Waals surface area (Å²) in [7, 11) is 0. The average molecular weight is 274 g/mol. The number of aryl methyl sites for hydroxylation is 1. The van der Waals surface area contributed by atoms with Crippen molar-refractivity contribution in [1.29, 1.82) is 0 Å². The number of aromatic nitrogens is 3. The van der Waals surface area contributed by atoms with Crippen LogP contribution in [0.3, 0.4) is 0 Å². The third-order valence-corrected chi connectivity index (χ3v) is 4.62. The Morgan fingerprint density at radius 2 is 2.25 bits per heavy atom. The Morgan fingerprint density at radius 3 is 2.88 bits per heavy atom. The van der Waals surface area contributed by atoms with Crippen LogP contribution < -0.4 is 0 Å². The highest BCUT2D eigenvalue weighted by molar-refractivity contribution is 7.98. The van der Waals surface area contributed by atoms with Gasteiger partial charge >= 0.3 is 0 Å². The SMILES string of the molecule is CCn1c(C)nnc1SCc1ccc(Cl)s1. The number of halogens is 1. The minimum Gasteiger partial charge on any atom is -0.307 e. The Hall–Kier alpha value is -0.520. The van der Waals surface area contributed by atoms with Gasteiger partial charge in [0.05, 0.1) is 4.34 Å². The van der Waals surface area contributed by atoms with Gasteiger partial charge in [-0.1, -0.05) is 23.4 Å². The Morgan fingerprint density at radius 1 is 1.44 bits per heavy atom. The molecular formula is C10H12ClN3S2. The minimum atomic E-state index is 0.837. The van der Waals surface area contributed by atoms with Crippen molar-refractivity contribution >= 4 is 34.7 Å². The summed E-state index contributed by atoms with van der Waals surface area (Å²) in [4.78, 5) is 1.26. The first-order chi connectivity index (χ1) is 7.70. The largest absolute Gasteiger partial charge is 0.307 e. The van der Waals surface area contributed by atoms with E-state index in [0.717, 1.165) is 27.6 Å². The Balaban J connectivity index is 2.04. The van der Waals surface area contributed by atoms with Crippen LogP contribution in [0.15, 0.2) is 17.3 Å². The molecule has 0 aliphatic carbocycles. The molecule has 0 aliphatic rings. The highest BCUT2D eigenvalue weighted by Crippen LogP contribution is 2.28. The summed E-state index contributed by atoms with van der Waals surface area (Å²) in [5, 5.41) is 9.21. The van der Waals surface area contributed by atoms with Crippen molar-refractivity contribution in [2.24, 2.45) is 0 Å². The molecular weight excluding hydrogens is 262 g/mol. The van der Waals surface area contributed by atoms with E-state index in [1.807, 2.05) is 13.0 Å². The first-order valence-electron chi connectivity index (χ1n) is 4.97. The van der Waals surface area contributed by atoms with E-state index >= 15 is 0 Å². The van der Waals surface area contributed by atoms with Crippen LogP contribution in [0.5, 0.6) is 0 Å². The lowest BCUT2D eigenvalue weighted by Gasteiger charge is -2.03. The molecule has 0 fully saturated rings. The summed E-state index contributed by atoms with van der Waals surface area (Å²) < 4.78 is 2.95. The molecule has 2 aromatic heterocycles. The first-order valence-corrected chi connectivity index (χ1v) is 7.15. The van der Waals surface area contributed by atoms with Crippen LogP contribution in [-0.2, 0) is 12.3 Å². The Labute approximate surface area is 108 Å². The average Bonchev–Trinajstić information content (AvgIpc) is 2.82. The third kappa shape index (κ3) is 2.59. The van der Waals surface area contributed by atoms with Gasteiger partial charge in [0.25, 0.3) is 0 Å². The van der Waals surface area contributed by atoms with Crippen molar-refractivity contribution in [3.8, 4) is 0 Å². The van der Waals surface area contributed by atoms with Crippen molar-refractivity contribution in [2.75, 3.05) is 0 Å². The fraction of sp³-hybridized carbons (Fsp3) is 0.400. The maximum absolute atomic E-state index is 5.88. The number of rotatable bonds is 4. The maximum Gasteiger partial charge on any atom is 0.191 e. The number of hydrogen-bond acceptors (Lipinski definition) is 4. The molecule has 0 aliphatic heterocycles. The molecule has 0 spiro atoms. The van der Waals surface area contributed by atoms with Crippen LogP contribution >= 0.6 is 34.7 Å². The lowest BCUT2D eigenvalue weighted by Crippen LogP contribution is -1.98. The molecule has 0 amide bonds. The summed E-state index contributed by atoms with van der Waals surface area (Å²) in [5.41, 5.74) is 0. The lowest BCUT2D eigenvalue weighted by atomic mass is 10.5. The van der Waals surface area contributed by atoms with E-state index < -0.39 is 0 Å². The Bertz CT molecular complexity index is 478. The Kier molecular flexibility index (Phi) is 3.89. The molecule has 16 heavy (non-hydrogen) atoms. The molecule has 0 N–H and O–H groups in total. The minimum absolute atomic E-state index is 0.837. The van der Waals surface area contributed by atoms with Gasteiger partial charge in [0.15, 0.2) is 5.16 Å². The van der Waals surface area contributed by atoms with Crippen LogP contribution in [0.1, 0.15) is 17.6 Å². The number of hydrogen-bond donors (Lipinski definition) is 0. The van der Waals surface area contributed by atoms with Gasteiger partial charge in [-0.05, 0) is 26.0 Å². The maximum atomic E-state index is 5.88. The van der Waals surface area contributed by atoms with Crippen molar-refractivity contribution in [1.82, 2.24) is 14.8 Å². The molecule has 0 atom stereocenters. The van der Waals surface area contributed by atoms with Crippen molar-refractivity contribution in [2.45, 2.75) is 31.3 Å². The van der Waals surface area contributed by atoms with E-state index in [1.165, 1.54) is 4.88 Å². The molecule has 2 heterocycles. The second-order valence-electron chi connectivity index (χ2n) is 3.27. The standard InChI is InChI=1S/C10H12ClN3S2/c1-3-14-7(2)12-13-10(14)15-6-8-4-5-9(11)16-8/h4-5H,3,6H2,1-2H3. The predicted octanol–water partition coefficient (Wildman–Crippen LogP) is 3.61. The van der Waals surface area contributed by atoms with E-state index in [-0.39, 0.29) is 0 Å². The molecule has 0 aromatic carbocycles. The van der Waals surface area contributed by atoms with E-state index in [9.17, 15) is 0 Å².